The SMILES string of the molecule is CCCCCC(=O)OCCCc1ccc(O)c(O)c1. The summed E-state index contributed by atoms with van der Waals surface area (Å²) in [5.74, 6) is -0.373. The van der Waals surface area contributed by atoms with Crippen LogP contribution in [0.4, 0.5) is 0 Å². The molecule has 1 rings (SSSR count). The number of aromatic hydroxyl groups is 2. The number of ether oxygens (including phenoxy) is 1. The van der Waals surface area contributed by atoms with Gasteiger partial charge in [-0.15, -0.1) is 0 Å². The number of phenolic OH excluding ortho intramolecular Hbond substituents is 2. The zero-order valence-electron chi connectivity index (χ0n) is 11.4. The highest BCUT2D eigenvalue weighted by Crippen LogP contribution is 2.25. The van der Waals surface area contributed by atoms with Crippen molar-refractivity contribution in [2.24, 2.45) is 0 Å². The Morgan fingerprint density at radius 1 is 1.16 bits per heavy atom. The molecule has 1 aromatic carbocycles. The maximum absolute atomic E-state index is 11.3. The van der Waals surface area contributed by atoms with Gasteiger partial charge in [0.15, 0.2) is 11.5 Å². The third-order valence-electron chi connectivity index (χ3n) is 2.90. The van der Waals surface area contributed by atoms with E-state index in [1.165, 1.54) is 12.1 Å². The van der Waals surface area contributed by atoms with Crippen molar-refractivity contribution >= 4 is 5.97 Å². The van der Waals surface area contributed by atoms with Crippen molar-refractivity contribution in [3.05, 3.63) is 23.8 Å². The van der Waals surface area contributed by atoms with Gasteiger partial charge in [0.2, 0.25) is 0 Å². The van der Waals surface area contributed by atoms with Crippen molar-refractivity contribution < 1.29 is 19.7 Å². The van der Waals surface area contributed by atoms with Gasteiger partial charge in [0, 0.05) is 6.42 Å². The number of carbonyl (C=O) groups excluding carboxylic acids is 1. The number of rotatable bonds is 8. The Morgan fingerprint density at radius 2 is 1.95 bits per heavy atom. The average Bonchev–Trinajstić information content (AvgIpc) is 2.39. The van der Waals surface area contributed by atoms with Crippen LogP contribution < -0.4 is 0 Å². The number of phenols is 2. The van der Waals surface area contributed by atoms with Gasteiger partial charge in [-0.3, -0.25) is 4.79 Å². The van der Waals surface area contributed by atoms with Crippen molar-refractivity contribution in [1.82, 2.24) is 0 Å². The Morgan fingerprint density at radius 3 is 2.63 bits per heavy atom. The molecule has 2 N–H and O–H groups in total. The Bertz CT molecular complexity index is 401. The fraction of sp³-hybridized carbons (Fsp3) is 0.533. The number of aryl methyl sites for hydroxylation is 1. The molecule has 0 heterocycles. The first-order valence-electron chi connectivity index (χ1n) is 6.80. The zero-order valence-corrected chi connectivity index (χ0v) is 11.4. The Kier molecular flexibility index (Phi) is 6.79. The fourth-order valence-corrected chi connectivity index (χ4v) is 1.78. The lowest BCUT2D eigenvalue weighted by molar-refractivity contribution is -0.143. The van der Waals surface area contributed by atoms with Crippen LogP contribution in [0.15, 0.2) is 18.2 Å². The number of benzene rings is 1. The Balaban J connectivity index is 2.16. The Labute approximate surface area is 114 Å². The maximum Gasteiger partial charge on any atom is 0.305 e. The summed E-state index contributed by atoms with van der Waals surface area (Å²) in [7, 11) is 0. The van der Waals surface area contributed by atoms with Crippen molar-refractivity contribution in [3.63, 3.8) is 0 Å². The third kappa shape index (κ3) is 6.13. The van der Waals surface area contributed by atoms with Crippen molar-refractivity contribution in [1.29, 1.82) is 0 Å². The summed E-state index contributed by atoms with van der Waals surface area (Å²) in [6.45, 7) is 2.49. The third-order valence-corrected chi connectivity index (χ3v) is 2.90. The second kappa shape index (κ2) is 8.40. The van der Waals surface area contributed by atoms with Gasteiger partial charge in [-0.25, -0.2) is 0 Å². The van der Waals surface area contributed by atoms with Crippen LogP contribution in [-0.4, -0.2) is 22.8 Å². The molecule has 0 unspecified atom stereocenters. The minimum Gasteiger partial charge on any atom is -0.504 e. The van der Waals surface area contributed by atoms with E-state index >= 15 is 0 Å². The quantitative estimate of drug-likeness (QED) is 0.431. The van der Waals surface area contributed by atoms with E-state index in [-0.39, 0.29) is 17.5 Å². The summed E-state index contributed by atoms with van der Waals surface area (Å²) in [4.78, 5) is 11.3. The summed E-state index contributed by atoms with van der Waals surface area (Å²) < 4.78 is 5.11. The summed E-state index contributed by atoms with van der Waals surface area (Å²) >= 11 is 0. The van der Waals surface area contributed by atoms with Crippen LogP contribution in [0.25, 0.3) is 0 Å². The highest BCUT2D eigenvalue weighted by molar-refractivity contribution is 5.69. The number of esters is 1. The van der Waals surface area contributed by atoms with E-state index in [1.54, 1.807) is 6.07 Å². The lowest BCUT2D eigenvalue weighted by atomic mass is 10.1. The zero-order chi connectivity index (χ0) is 14.1. The number of hydrogen-bond acceptors (Lipinski definition) is 4. The predicted molar refractivity (Wildman–Crippen MR) is 73.2 cm³/mol. The highest BCUT2D eigenvalue weighted by atomic mass is 16.5. The molecule has 19 heavy (non-hydrogen) atoms. The molecule has 4 nitrogen and oxygen atoms in total. The van der Waals surface area contributed by atoms with E-state index in [1.807, 2.05) is 0 Å². The van der Waals surface area contributed by atoms with E-state index in [9.17, 15) is 15.0 Å². The molecule has 1 aromatic rings. The van der Waals surface area contributed by atoms with E-state index < -0.39 is 0 Å². The molecule has 0 aliphatic rings. The van der Waals surface area contributed by atoms with Crippen LogP contribution in [-0.2, 0) is 16.0 Å². The Hall–Kier alpha value is -1.71. The van der Waals surface area contributed by atoms with Crippen LogP contribution in [0.1, 0.15) is 44.6 Å². The van der Waals surface area contributed by atoms with E-state index in [0.717, 1.165) is 24.8 Å². The molecule has 0 fully saturated rings. The minimum absolute atomic E-state index is 0.117. The van der Waals surface area contributed by atoms with Crippen molar-refractivity contribution in [2.45, 2.75) is 45.4 Å². The number of unbranched alkanes of at least 4 members (excludes halogenated alkanes) is 2. The van der Waals surface area contributed by atoms with Crippen LogP contribution in [0, 0.1) is 0 Å². The molecule has 0 saturated heterocycles. The first-order valence-corrected chi connectivity index (χ1v) is 6.80. The molecule has 0 spiro atoms. The summed E-state index contributed by atoms with van der Waals surface area (Å²) in [5.41, 5.74) is 0.914. The summed E-state index contributed by atoms with van der Waals surface area (Å²) in [6, 6.07) is 4.73. The smallest absolute Gasteiger partial charge is 0.305 e. The minimum atomic E-state index is -0.137. The average molecular weight is 266 g/mol. The maximum atomic E-state index is 11.3. The summed E-state index contributed by atoms with van der Waals surface area (Å²) in [5, 5.41) is 18.5. The van der Waals surface area contributed by atoms with Gasteiger partial charge in [-0.1, -0.05) is 25.8 Å². The van der Waals surface area contributed by atoms with Gasteiger partial charge in [0.25, 0.3) is 0 Å². The van der Waals surface area contributed by atoms with Gasteiger partial charge in [0.1, 0.15) is 0 Å². The largest absolute Gasteiger partial charge is 0.504 e. The fourth-order valence-electron chi connectivity index (χ4n) is 1.78. The standard InChI is InChI=1S/C15H22O4/c1-2-3-4-7-15(18)19-10-5-6-12-8-9-13(16)14(17)11-12/h8-9,11,16-17H,2-7,10H2,1H3. The van der Waals surface area contributed by atoms with Gasteiger partial charge in [0.05, 0.1) is 6.61 Å². The molecular weight excluding hydrogens is 244 g/mol. The molecule has 0 radical (unpaired) electrons. The highest BCUT2D eigenvalue weighted by Gasteiger charge is 2.03. The second-order valence-electron chi connectivity index (χ2n) is 4.60. The second-order valence-corrected chi connectivity index (χ2v) is 4.60. The molecule has 0 aliphatic carbocycles. The molecule has 0 amide bonds. The van der Waals surface area contributed by atoms with Crippen molar-refractivity contribution in [3.8, 4) is 11.5 Å². The molecule has 4 heteroatoms. The number of hydrogen-bond donors (Lipinski definition) is 2. The monoisotopic (exact) mass is 266 g/mol. The van der Waals surface area contributed by atoms with Crippen LogP contribution in [0.5, 0.6) is 11.5 Å². The molecule has 0 saturated carbocycles. The molecule has 0 aromatic heterocycles. The van der Waals surface area contributed by atoms with E-state index in [2.05, 4.69) is 6.92 Å². The summed E-state index contributed by atoms with van der Waals surface area (Å²) in [6.07, 6.45) is 4.95. The van der Waals surface area contributed by atoms with Crippen LogP contribution >= 0.6 is 0 Å². The topological polar surface area (TPSA) is 66.8 Å². The molecule has 0 atom stereocenters. The van der Waals surface area contributed by atoms with Gasteiger partial charge in [-0.05, 0) is 37.0 Å². The van der Waals surface area contributed by atoms with E-state index in [0.29, 0.717) is 25.9 Å². The van der Waals surface area contributed by atoms with Gasteiger partial charge in [-0.2, -0.15) is 0 Å². The first kappa shape index (κ1) is 15.3. The van der Waals surface area contributed by atoms with Gasteiger partial charge < -0.3 is 14.9 Å². The van der Waals surface area contributed by atoms with Crippen LogP contribution in [0.2, 0.25) is 0 Å². The first-order chi connectivity index (χ1) is 9.13. The van der Waals surface area contributed by atoms with Gasteiger partial charge >= 0.3 is 5.97 Å². The molecule has 106 valence electrons. The predicted octanol–water partition coefficient (Wildman–Crippen LogP) is 3.15. The molecule has 0 bridgehead atoms. The van der Waals surface area contributed by atoms with E-state index in [4.69, 9.17) is 4.74 Å². The normalized spacial score (nSPS) is 10.4. The van der Waals surface area contributed by atoms with Crippen LogP contribution in [0.3, 0.4) is 0 Å². The lowest BCUT2D eigenvalue weighted by Crippen LogP contribution is -2.06. The van der Waals surface area contributed by atoms with Crippen molar-refractivity contribution in [2.75, 3.05) is 6.61 Å². The lowest BCUT2D eigenvalue weighted by Gasteiger charge is -2.05. The molecule has 0 aliphatic heterocycles. The molecular formula is C15H22O4. The number of carbonyl (C=O) groups is 1.